The molecule has 39 heavy (non-hydrogen) atoms. The Bertz CT molecular complexity index is 1310. The normalized spacial score (nSPS) is 36.5. The van der Waals surface area contributed by atoms with Gasteiger partial charge in [-0.3, -0.25) is 9.59 Å². The molecule has 1 aromatic heterocycles. The summed E-state index contributed by atoms with van der Waals surface area (Å²) in [5.41, 5.74) is 1.35. The fourth-order valence-electron chi connectivity index (χ4n) is 9.99. The van der Waals surface area contributed by atoms with Gasteiger partial charge in [0.15, 0.2) is 0 Å². The van der Waals surface area contributed by atoms with Crippen molar-refractivity contribution in [3.63, 3.8) is 0 Å². The number of imidazole rings is 1. The number of esters is 1. The fourth-order valence-corrected chi connectivity index (χ4v) is 9.99. The van der Waals surface area contributed by atoms with Crippen LogP contribution in [0, 0.1) is 29.1 Å². The molecule has 0 saturated heterocycles. The molecule has 0 spiro atoms. The maximum atomic E-state index is 14.0. The molecular formula is C32H43N3O4. The second-order valence-corrected chi connectivity index (χ2v) is 14.9. The number of benzene rings is 1. The number of nitrogens with one attached hydrogen (secondary N) is 2. The molecule has 5 atom stereocenters. The van der Waals surface area contributed by atoms with Crippen molar-refractivity contribution in [2.24, 2.45) is 29.1 Å². The molecule has 8 rings (SSSR count). The zero-order chi connectivity index (χ0) is 27.2. The van der Waals surface area contributed by atoms with Crippen LogP contribution in [0.15, 0.2) is 12.1 Å². The summed E-state index contributed by atoms with van der Waals surface area (Å²) in [7, 11) is 1.67. The van der Waals surface area contributed by atoms with Gasteiger partial charge in [-0.15, -0.1) is 0 Å². The molecular weight excluding hydrogens is 490 g/mol. The summed E-state index contributed by atoms with van der Waals surface area (Å²) in [6.07, 6.45) is 11.8. The minimum atomic E-state index is -0.481. The lowest BCUT2D eigenvalue weighted by Crippen LogP contribution is -2.63. The van der Waals surface area contributed by atoms with Crippen LogP contribution in [0.5, 0.6) is 5.75 Å². The number of carbonyl (C=O) groups excluding carboxylic acids is 2. The molecule has 1 amide bonds. The smallest absolute Gasteiger partial charge is 0.306 e. The van der Waals surface area contributed by atoms with Gasteiger partial charge in [0.25, 0.3) is 5.91 Å². The van der Waals surface area contributed by atoms with Gasteiger partial charge in [0.05, 0.1) is 19.1 Å². The van der Waals surface area contributed by atoms with Crippen LogP contribution in [0.3, 0.4) is 0 Å². The minimum Gasteiger partial charge on any atom is -0.494 e. The van der Waals surface area contributed by atoms with E-state index in [9.17, 15) is 9.59 Å². The standard InChI is InChI=1S/C32H43N3O4/c1-30(2,3)39-25(36)16-31-12-19-9-20(13-31)15-32(14-19,17-31)35-29(37)22-7-8-24(38-4)27-26(22)33-28(34-27)23-11-18-5-6-21(23)10-18/h7-8,18-21,23H,5-6,9-17H2,1-4H3,(H,33,34)(H,35,37). The van der Waals surface area contributed by atoms with Gasteiger partial charge in [-0.25, -0.2) is 4.98 Å². The topological polar surface area (TPSA) is 93.3 Å². The first-order valence-corrected chi connectivity index (χ1v) is 15.1. The Morgan fingerprint density at radius 2 is 1.82 bits per heavy atom. The van der Waals surface area contributed by atoms with Crippen molar-refractivity contribution >= 4 is 22.9 Å². The summed E-state index contributed by atoms with van der Waals surface area (Å²) < 4.78 is 11.4. The lowest BCUT2D eigenvalue weighted by molar-refractivity contribution is -0.164. The van der Waals surface area contributed by atoms with Crippen LogP contribution in [0.2, 0.25) is 0 Å². The van der Waals surface area contributed by atoms with Crippen molar-refractivity contribution in [2.75, 3.05) is 7.11 Å². The van der Waals surface area contributed by atoms with E-state index in [2.05, 4.69) is 10.3 Å². The third kappa shape index (κ3) is 4.44. The third-order valence-electron chi connectivity index (χ3n) is 10.7. The summed E-state index contributed by atoms with van der Waals surface area (Å²) >= 11 is 0. The number of aromatic amines is 1. The maximum Gasteiger partial charge on any atom is 0.306 e. The third-order valence-corrected chi connectivity index (χ3v) is 10.7. The molecule has 0 radical (unpaired) electrons. The lowest BCUT2D eigenvalue weighted by atomic mass is 9.46. The molecule has 6 aliphatic carbocycles. The molecule has 210 valence electrons. The van der Waals surface area contributed by atoms with Gasteiger partial charge in [0.2, 0.25) is 0 Å². The highest BCUT2D eigenvalue weighted by Gasteiger charge is 2.59. The highest BCUT2D eigenvalue weighted by atomic mass is 16.6. The first kappa shape index (κ1) is 25.4. The van der Waals surface area contributed by atoms with E-state index in [-0.39, 0.29) is 22.8 Å². The van der Waals surface area contributed by atoms with E-state index in [1.165, 1.54) is 32.1 Å². The molecule has 7 nitrogen and oxygen atoms in total. The summed E-state index contributed by atoms with van der Waals surface area (Å²) in [5.74, 6) is 4.67. The Morgan fingerprint density at radius 3 is 2.46 bits per heavy atom. The van der Waals surface area contributed by atoms with Crippen LogP contribution in [0.1, 0.15) is 114 Å². The number of methoxy groups -OCH3 is 1. The average Bonchev–Trinajstić information content (AvgIpc) is 3.56. The van der Waals surface area contributed by atoms with Crippen LogP contribution in [0.4, 0.5) is 0 Å². The number of carbonyl (C=O) groups is 2. The SMILES string of the molecule is COc1ccc(C(=O)NC23CC4CC(CC(CC(=O)OC(C)(C)C)(C4)C2)C3)c2nc(C3CC4CCC3C4)[nH]c12. The monoisotopic (exact) mass is 533 g/mol. The highest BCUT2D eigenvalue weighted by molar-refractivity contribution is 6.06. The number of aromatic nitrogens is 2. The van der Waals surface area contributed by atoms with Gasteiger partial charge in [-0.1, -0.05) is 6.42 Å². The quantitative estimate of drug-likeness (QED) is 0.427. The molecule has 5 unspecified atom stereocenters. The lowest BCUT2D eigenvalue weighted by Gasteiger charge is -2.62. The number of H-pyrrole nitrogens is 1. The molecule has 2 N–H and O–H groups in total. The maximum absolute atomic E-state index is 14.0. The van der Waals surface area contributed by atoms with Crippen LogP contribution in [0.25, 0.3) is 11.0 Å². The van der Waals surface area contributed by atoms with Crippen molar-refractivity contribution in [1.29, 1.82) is 0 Å². The number of hydrogen-bond donors (Lipinski definition) is 2. The largest absolute Gasteiger partial charge is 0.494 e. The highest BCUT2D eigenvalue weighted by Crippen LogP contribution is 2.63. The van der Waals surface area contributed by atoms with Crippen molar-refractivity contribution in [3.05, 3.63) is 23.5 Å². The predicted octanol–water partition coefficient (Wildman–Crippen LogP) is 6.28. The van der Waals surface area contributed by atoms with Gasteiger partial charge in [0.1, 0.15) is 28.2 Å². The average molecular weight is 534 g/mol. The Hall–Kier alpha value is -2.57. The summed E-state index contributed by atoms with van der Waals surface area (Å²) in [6.45, 7) is 5.79. The molecule has 2 aromatic rings. The van der Waals surface area contributed by atoms with Gasteiger partial charge < -0.3 is 19.8 Å². The van der Waals surface area contributed by atoms with Gasteiger partial charge in [-0.2, -0.15) is 0 Å². The Balaban J connectivity index is 1.16. The number of amides is 1. The van der Waals surface area contributed by atoms with E-state index in [1.807, 2.05) is 32.9 Å². The Morgan fingerprint density at radius 1 is 1.05 bits per heavy atom. The number of fused-ring (bicyclic) bond motifs is 3. The second kappa shape index (κ2) is 8.71. The molecule has 1 heterocycles. The van der Waals surface area contributed by atoms with Crippen molar-refractivity contribution in [2.45, 2.75) is 108 Å². The molecule has 6 fully saturated rings. The molecule has 6 aliphatic rings. The van der Waals surface area contributed by atoms with Crippen LogP contribution < -0.4 is 10.1 Å². The fraction of sp³-hybridized carbons (Fsp3) is 0.719. The molecule has 6 saturated carbocycles. The van der Waals surface area contributed by atoms with Gasteiger partial charge in [0, 0.05) is 11.5 Å². The Labute approximate surface area is 231 Å². The zero-order valence-corrected chi connectivity index (χ0v) is 23.9. The molecule has 7 heteroatoms. The van der Waals surface area contributed by atoms with E-state index < -0.39 is 5.60 Å². The number of hydrogen-bond acceptors (Lipinski definition) is 5. The van der Waals surface area contributed by atoms with Gasteiger partial charge >= 0.3 is 5.97 Å². The van der Waals surface area contributed by atoms with Gasteiger partial charge in [-0.05, 0) is 120 Å². The number of nitrogens with zero attached hydrogens (tertiary/aromatic N) is 1. The van der Waals surface area contributed by atoms with Crippen LogP contribution >= 0.6 is 0 Å². The van der Waals surface area contributed by atoms with Crippen LogP contribution in [-0.2, 0) is 9.53 Å². The van der Waals surface area contributed by atoms with Crippen molar-refractivity contribution in [1.82, 2.24) is 15.3 Å². The van der Waals surface area contributed by atoms with E-state index in [1.54, 1.807) is 7.11 Å². The van der Waals surface area contributed by atoms with Crippen molar-refractivity contribution in [3.8, 4) is 5.75 Å². The molecule has 0 aliphatic heterocycles. The van der Waals surface area contributed by atoms with E-state index in [0.717, 1.165) is 60.6 Å². The van der Waals surface area contributed by atoms with E-state index in [0.29, 0.717) is 35.7 Å². The Kier molecular flexibility index (Phi) is 5.67. The van der Waals surface area contributed by atoms with Crippen molar-refractivity contribution < 1.29 is 19.1 Å². The minimum absolute atomic E-state index is 0.0528. The first-order chi connectivity index (χ1) is 18.5. The summed E-state index contributed by atoms with van der Waals surface area (Å²) in [4.78, 5) is 35.6. The summed E-state index contributed by atoms with van der Waals surface area (Å²) in [5, 5.41) is 3.54. The van der Waals surface area contributed by atoms with E-state index in [4.69, 9.17) is 14.5 Å². The number of ether oxygens (including phenoxy) is 2. The van der Waals surface area contributed by atoms with E-state index >= 15 is 0 Å². The number of rotatable bonds is 6. The molecule has 6 bridgehead atoms. The zero-order valence-electron chi connectivity index (χ0n) is 23.9. The predicted molar refractivity (Wildman–Crippen MR) is 149 cm³/mol. The van der Waals surface area contributed by atoms with Crippen LogP contribution in [-0.4, -0.2) is 40.1 Å². The first-order valence-electron chi connectivity index (χ1n) is 15.1. The molecule has 1 aromatic carbocycles. The second-order valence-electron chi connectivity index (χ2n) is 14.9. The summed E-state index contributed by atoms with van der Waals surface area (Å²) in [6, 6.07) is 3.77.